The van der Waals surface area contributed by atoms with Gasteiger partial charge in [-0.3, -0.25) is 24.0 Å². The van der Waals surface area contributed by atoms with E-state index in [2.05, 4.69) is 26.0 Å². The van der Waals surface area contributed by atoms with Crippen molar-refractivity contribution in [3.63, 3.8) is 0 Å². The molecule has 13 nitrogen and oxygen atoms in total. The Morgan fingerprint density at radius 1 is 0.897 bits per heavy atom. The Morgan fingerprint density at radius 2 is 1.62 bits per heavy atom. The lowest BCUT2D eigenvalue weighted by Crippen LogP contribution is -2.51. The van der Waals surface area contributed by atoms with Crippen molar-refractivity contribution in [1.82, 2.24) is 16.0 Å². The topological polar surface area (TPSA) is 212 Å². The number of hydrogen-bond acceptors (Lipinski definition) is 8. The molecule has 0 bridgehead atoms. The molecule has 1 atom stereocenters. The van der Waals surface area contributed by atoms with Crippen LogP contribution in [-0.4, -0.2) is 61.2 Å². The lowest BCUT2D eigenvalue weighted by atomic mass is 9.88. The van der Waals surface area contributed by atoms with E-state index in [4.69, 9.17) is 11.5 Å². The highest BCUT2D eigenvalue weighted by atomic mass is 16.5. The number of Topliss-reactive ketones (excluding diaryl/α,β-unsaturated/α-hetero) is 1. The predicted molar refractivity (Wildman–Crippen MR) is 140 cm³/mol. The third-order valence-electron chi connectivity index (χ3n) is 5.88. The summed E-state index contributed by atoms with van der Waals surface area (Å²) >= 11 is 0. The number of benzene rings is 2. The van der Waals surface area contributed by atoms with Gasteiger partial charge in [0.2, 0.25) is 17.7 Å². The maximum Gasteiger partial charge on any atom is 0.405 e. The molecule has 206 valence electrons. The average molecular weight is 539 g/mol. The Labute approximate surface area is 224 Å². The molecular formula is C26H30N6O7. The quantitative estimate of drug-likeness (QED) is 0.210. The Kier molecular flexibility index (Phi) is 9.95. The summed E-state index contributed by atoms with van der Waals surface area (Å²) in [4.78, 5) is 72.5. The van der Waals surface area contributed by atoms with Gasteiger partial charge in [0, 0.05) is 29.8 Å². The van der Waals surface area contributed by atoms with Crippen molar-refractivity contribution in [2.45, 2.75) is 31.7 Å². The van der Waals surface area contributed by atoms with E-state index >= 15 is 0 Å². The normalized spacial score (nSPS) is 12.9. The summed E-state index contributed by atoms with van der Waals surface area (Å²) in [5.41, 5.74) is 13.4. The van der Waals surface area contributed by atoms with Crippen LogP contribution in [-0.2, 0) is 36.8 Å². The van der Waals surface area contributed by atoms with Gasteiger partial charge < -0.3 is 37.5 Å². The lowest BCUT2D eigenvalue weighted by molar-refractivity contribution is -0.130. The molecule has 2 aromatic rings. The molecule has 2 aromatic carbocycles. The number of carbonyl (C=O) groups excluding carboxylic acids is 6. The number of hydrogen-bond donors (Lipinski definition) is 6. The van der Waals surface area contributed by atoms with Crippen LogP contribution in [0.25, 0.3) is 0 Å². The van der Waals surface area contributed by atoms with Gasteiger partial charge in [-0.1, -0.05) is 30.3 Å². The minimum atomic E-state index is -1.14. The first kappa shape index (κ1) is 28.6. The maximum absolute atomic E-state index is 13.0. The van der Waals surface area contributed by atoms with Gasteiger partial charge in [0.25, 0.3) is 5.91 Å². The van der Waals surface area contributed by atoms with Gasteiger partial charge in [-0.25, -0.2) is 4.79 Å². The Hall–Kier alpha value is -4.94. The molecule has 0 aromatic heterocycles. The molecule has 0 fully saturated rings. The fraction of sp³-hybridized carbons (Fsp3) is 0.308. The van der Waals surface area contributed by atoms with Crippen molar-refractivity contribution in [2.75, 3.05) is 30.7 Å². The first-order valence-corrected chi connectivity index (χ1v) is 12.2. The summed E-state index contributed by atoms with van der Waals surface area (Å²) in [6.45, 7) is -1.54. The molecule has 5 amide bonds. The standard InChI is InChI=1S/C26H30N6O7/c27-17-9-10-18(16-7-4-8-20(33)24(16)17)31-22(35)13-30-25(37)19(11-15-5-2-1-3-6-15)32-21(34)12-29-23(36)14-39-26(28)38/h1-3,5-6,9-10,19H,4,7-8,11-14,27H2,(H2,28,38)(H,29,36)(H,30,37)(H,31,35)(H,32,34)/t19-/m0/s1. The molecule has 0 aliphatic heterocycles. The SMILES string of the molecule is NC(=O)OCC(=O)NCC(=O)N[C@@H](Cc1ccccc1)C(=O)NCC(=O)Nc1ccc(N)c2c1CCCC2=O. The Bertz CT molecular complexity index is 1260. The molecule has 0 spiro atoms. The summed E-state index contributed by atoms with van der Waals surface area (Å²) in [6.07, 6.45) is 0.609. The van der Waals surface area contributed by atoms with E-state index in [-0.39, 0.29) is 12.2 Å². The average Bonchev–Trinajstić information content (AvgIpc) is 2.91. The fourth-order valence-corrected chi connectivity index (χ4v) is 4.08. The van der Waals surface area contributed by atoms with Crippen molar-refractivity contribution in [1.29, 1.82) is 0 Å². The highest BCUT2D eigenvalue weighted by molar-refractivity contribution is 6.06. The number of nitrogens with two attached hydrogens (primary N) is 2. The largest absolute Gasteiger partial charge is 0.440 e. The lowest BCUT2D eigenvalue weighted by Gasteiger charge is -2.21. The van der Waals surface area contributed by atoms with Crippen molar-refractivity contribution in [3.05, 3.63) is 59.2 Å². The number of ketones is 1. The molecule has 0 saturated heterocycles. The van der Waals surface area contributed by atoms with Gasteiger partial charge in [-0.15, -0.1) is 0 Å². The first-order chi connectivity index (χ1) is 18.6. The predicted octanol–water partition coefficient (Wildman–Crippen LogP) is -0.218. The van der Waals surface area contributed by atoms with Crippen LogP contribution < -0.4 is 32.7 Å². The molecule has 1 aliphatic carbocycles. The third kappa shape index (κ3) is 8.55. The number of primary amides is 1. The van der Waals surface area contributed by atoms with E-state index in [0.29, 0.717) is 41.8 Å². The van der Waals surface area contributed by atoms with Gasteiger partial charge in [0.1, 0.15) is 6.04 Å². The fourth-order valence-electron chi connectivity index (χ4n) is 4.08. The number of amides is 5. The van der Waals surface area contributed by atoms with Gasteiger partial charge in [-0.05, 0) is 36.1 Å². The molecule has 0 unspecified atom stereocenters. The zero-order valence-electron chi connectivity index (χ0n) is 21.1. The molecule has 1 aliphatic rings. The number of rotatable bonds is 11. The van der Waals surface area contributed by atoms with E-state index in [0.717, 1.165) is 5.56 Å². The molecular weight excluding hydrogens is 508 g/mol. The number of fused-ring (bicyclic) bond motifs is 1. The van der Waals surface area contributed by atoms with Crippen LogP contribution in [0.15, 0.2) is 42.5 Å². The molecule has 8 N–H and O–H groups in total. The number of nitrogen functional groups attached to an aromatic ring is 1. The van der Waals surface area contributed by atoms with E-state index in [1.165, 1.54) is 0 Å². The second-order valence-electron chi connectivity index (χ2n) is 8.79. The van der Waals surface area contributed by atoms with Crippen LogP contribution in [0.3, 0.4) is 0 Å². The number of anilines is 2. The number of ether oxygens (including phenoxy) is 1. The Balaban J connectivity index is 1.60. The van der Waals surface area contributed by atoms with Gasteiger partial charge >= 0.3 is 6.09 Å². The van der Waals surface area contributed by atoms with Crippen LogP contribution >= 0.6 is 0 Å². The van der Waals surface area contributed by atoms with Gasteiger partial charge in [0.15, 0.2) is 12.4 Å². The van der Waals surface area contributed by atoms with Crippen LogP contribution in [0.2, 0.25) is 0 Å². The highest BCUT2D eigenvalue weighted by Gasteiger charge is 2.25. The number of carbonyl (C=O) groups is 6. The number of nitrogens with one attached hydrogen (secondary N) is 4. The zero-order valence-corrected chi connectivity index (χ0v) is 21.1. The van der Waals surface area contributed by atoms with Crippen LogP contribution in [0.4, 0.5) is 16.2 Å². The van der Waals surface area contributed by atoms with Crippen LogP contribution in [0.5, 0.6) is 0 Å². The molecule has 3 rings (SSSR count). The zero-order chi connectivity index (χ0) is 28.4. The minimum absolute atomic E-state index is 0.0748. The van der Waals surface area contributed by atoms with E-state index in [1.54, 1.807) is 42.5 Å². The Morgan fingerprint density at radius 3 is 2.33 bits per heavy atom. The molecule has 0 heterocycles. The van der Waals surface area contributed by atoms with Crippen LogP contribution in [0, 0.1) is 0 Å². The minimum Gasteiger partial charge on any atom is -0.440 e. The first-order valence-electron chi connectivity index (χ1n) is 12.2. The van der Waals surface area contributed by atoms with E-state index in [1.807, 2.05) is 0 Å². The monoisotopic (exact) mass is 538 g/mol. The van der Waals surface area contributed by atoms with E-state index < -0.39 is 55.5 Å². The summed E-state index contributed by atoms with van der Waals surface area (Å²) < 4.78 is 4.34. The summed E-state index contributed by atoms with van der Waals surface area (Å²) in [7, 11) is 0. The second-order valence-corrected chi connectivity index (χ2v) is 8.79. The maximum atomic E-state index is 13.0. The highest BCUT2D eigenvalue weighted by Crippen LogP contribution is 2.32. The summed E-state index contributed by atoms with van der Waals surface area (Å²) in [5.74, 6) is -2.66. The molecule has 0 radical (unpaired) electrons. The van der Waals surface area contributed by atoms with Crippen molar-refractivity contribution in [3.8, 4) is 0 Å². The molecule has 13 heteroatoms. The summed E-state index contributed by atoms with van der Waals surface area (Å²) in [5, 5.41) is 10.00. The third-order valence-corrected chi connectivity index (χ3v) is 5.88. The van der Waals surface area contributed by atoms with Crippen molar-refractivity contribution in [2.24, 2.45) is 5.73 Å². The second kappa shape index (κ2) is 13.6. The van der Waals surface area contributed by atoms with Gasteiger partial charge in [0.05, 0.1) is 13.1 Å². The smallest absolute Gasteiger partial charge is 0.405 e. The van der Waals surface area contributed by atoms with Crippen molar-refractivity contribution >= 4 is 46.9 Å². The van der Waals surface area contributed by atoms with Crippen molar-refractivity contribution < 1.29 is 33.5 Å². The summed E-state index contributed by atoms with van der Waals surface area (Å²) in [6, 6.07) is 11.0. The van der Waals surface area contributed by atoms with Gasteiger partial charge in [-0.2, -0.15) is 0 Å². The van der Waals surface area contributed by atoms with E-state index in [9.17, 15) is 28.8 Å². The molecule has 0 saturated carbocycles. The molecule has 39 heavy (non-hydrogen) atoms. The van der Waals surface area contributed by atoms with Crippen LogP contribution in [0.1, 0.15) is 34.3 Å².